The topological polar surface area (TPSA) is 119 Å². The van der Waals surface area contributed by atoms with Crippen LogP contribution in [0, 0.1) is 18.6 Å². The smallest absolute Gasteiger partial charge is 0.253 e. The van der Waals surface area contributed by atoms with E-state index in [1.807, 2.05) is 13.8 Å². The molecule has 0 spiro atoms. The van der Waals surface area contributed by atoms with Gasteiger partial charge in [0, 0.05) is 63.8 Å². The Bertz CT molecular complexity index is 1240. The molecule has 2 rings (SSSR count). The van der Waals surface area contributed by atoms with E-state index >= 15 is 0 Å². The van der Waals surface area contributed by atoms with Crippen LogP contribution in [0.4, 0.5) is 8.78 Å². The summed E-state index contributed by atoms with van der Waals surface area (Å²) in [6.07, 6.45) is 0.343. The molecular weight excluding hydrogens is 558 g/mol. The van der Waals surface area contributed by atoms with Gasteiger partial charge in [-0.15, -0.1) is 0 Å². The summed E-state index contributed by atoms with van der Waals surface area (Å²) in [5.74, 6) is -2.89. The summed E-state index contributed by atoms with van der Waals surface area (Å²) >= 11 is 0. The fourth-order valence-corrected chi connectivity index (χ4v) is 4.69. The Morgan fingerprint density at radius 2 is 1.49 bits per heavy atom. The predicted octanol–water partition coefficient (Wildman–Crippen LogP) is 3.61. The lowest BCUT2D eigenvalue weighted by molar-refractivity contribution is -0.131. The fourth-order valence-electron chi connectivity index (χ4n) is 4.69. The van der Waals surface area contributed by atoms with Crippen LogP contribution in [-0.2, 0) is 16.0 Å². The molecular formula is C32H44F2N4O5. The number of halogens is 2. The molecule has 0 fully saturated rings. The SMILES string of the molecule is CCCN(CCC)C(=O)c1cc(C)cc(C(=O)NC(Cc2cc(F)cc(F)c2)C(O)CCNC(=O)CCC(=O)N(C)C)c1. The van der Waals surface area contributed by atoms with Crippen molar-refractivity contribution in [2.75, 3.05) is 33.7 Å². The van der Waals surface area contributed by atoms with Crippen LogP contribution in [0.25, 0.3) is 0 Å². The first-order chi connectivity index (χ1) is 20.3. The number of rotatable bonds is 16. The van der Waals surface area contributed by atoms with Crippen LogP contribution < -0.4 is 10.6 Å². The highest BCUT2D eigenvalue weighted by atomic mass is 19.1. The van der Waals surface area contributed by atoms with Crippen molar-refractivity contribution < 1.29 is 33.1 Å². The van der Waals surface area contributed by atoms with Crippen LogP contribution in [0.1, 0.15) is 77.8 Å². The van der Waals surface area contributed by atoms with Gasteiger partial charge in [-0.2, -0.15) is 0 Å². The second-order valence-electron chi connectivity index (χ2n) is 10.9. The van der Waals surface area contributed by atoms with Gasteiger partial charge in [0.2, 0.25) is 11.8 Å². The highest BCUT2D eigenvalue weighted by Crippen LogP contribution is 2.16. The number of benzene rings is 2. The lowest BCUT2D eigenvalue weighted by Gasteiger charge is -2.25. The minimum Gasteiger partial charge on any atom is -0.391 e. The van der Waals surface area contributed by atoms with Crippen molar-refractivity contribution in [1.82, 2.24) is 20.4 Å². The lowest BCUT2D eigenvalue weighted by atomic mass is 9.97. The van der Waals surface area contributed by atoms with E-state index in [9.17, 15) is 33.1 Å². The molecule has 3 N–H and O–H groups in total. The molecule has 2 atom stereocenters. The van der Waals surface area contributed by atoms with Gasteiger partial charge in [-0.05, 0) is 74.1 Å². The van der Waals surface area contributed by atoms with E-state index in [4.69, 9.17) is 0 Å². The molecule has 4 amide bonds. The Morgan fingerprint density at radius 1 is 0.884 bits per heavy atom. The van der Waals surface area contributed by atoms with Crippen molar-refractivity contribution in [1.29, 1.82) is 0 Å². The van der Waals surface area contributed by atoms with Crippen LogP contribution in [-0.4, -0.2) is 84.4 Å². The molecule has 0 saturated heterocycles. The first-order valence-electron chi connectivity index (χ1n) is 14.7. The number of carbonyl (C=O) groups is 4. The van der Waals surface area contributed by atoms with Gasteiger partial charge in [-0.3, -0.25) is 19.2 Å². The highest BCUT2D eigenvalue weighted by molar-refractivity contribution is 6.00. The van der Waals surface area contributed by atoms with E-state index in [2.05, 4.69) is 10.6 Å². The van der Waals surface area contributed by atoms with E-state index < -0.39 is 29.7 Å². The second-order valence-corrected chi connectivity index (χ2v) is 10.9. The monoisotopic (exact) mass is 602 g/mol. The molecule has 0 aromatic heterocycles. The Labute approximate surface area is 252 Å². The molecule has 0 aliphatic rings. The second kappa shape index (κ2) is 17.3. The first kappa shape index (κ1) is 35.3. The predicted molar refractivity (Wildman–Crippen MR) is 161 cm³/mol. The van der Waals surface area contributed by atoms with Crippen molar-refractivity contribution >= 4 is 23.6 Å². The number of aryl methyl sites for hydroxylation is 1. The van der Waals surface area contributed by atoms with Crippen LogP contribution in [0.15, 0.2) is 36.4 Å². The quantitative estimate of drug-likeness (QED) is 0.271. The summed E-state index contributed by atoms with van der Waals surface area (Å²) in [7, 11) is 3.19. The number of aliphatic hydroxyl groups excluding tert-OH is 1. The minimum absolute atomic E-state index is 0.0157. The van der Waals surface area contributed by atoms with E-state index in [1.165, 1.54) is 11.0 Å². The zero-order chi connectivity index (χ0) is 32.1. The summed E-state index contributed by atoms with van der Waals surface area (Å²) in [5, 5.41) is 16.4. The summed E-state index contributed by atoms with van der Waals surface area (Å²) in [4.78, 5) is 53.6. The molecule has 0 radical (unpaired) electrons. The Morgan fingerprint density at radius 3 is 2.07 bits per heavy atom. The molecule has 2 aromatic rings. The van der Waals surface area contributed by atoms with Crippen LogP contribution in [0.2, 0.25) is 0 Å². The molecule has 9 nitrogen and oxygen atoms in total. The lowest BCUT2D eigenvalue weighted by Crippen LogP contribution is -2.46. The molecule has 0 bridgehead atoms. The van der Waals surface area contributed by atoms with Crippen LogP contribution in [0.3, 0.4) is 0 Å². The highest BCUT2D eigenvalue weighted by Gasteiger charge is 2.24. The largest absolute Gasteiger partial charge is 0.391 e. The third-order valence-corrected chi connectivity index (χ3v) is 6.85. The summed E-state index contributed by atoms with van der Waals surface area (Å²) in [5.41, 5.74) is 1.50. The number of amides is 4. The minimum atomic E-state index is -1.20. The molecule has 2 aromatic carbocycles. The number of aliphatic hydroxyl groups is 1. The standard InChI is InChI=1S/C32H44F2N4O5/c1-6-12-38(13-7-2)32(43)24-15-21(3)14-23(19-24)31(42)36-27(18-22-16-25(33)20-26(34)17-22)28(39)10-11-35-29(40)8-9-30(41)37(4)5/h14-17,19-20,27-28,39H,6-13,18H2,1-5H3,(H,35,40)(H,36,42). The maximum absolute atomic E-state index is 13.9. The molecule has 0 aliphatic carbocycles. The van der Waals surface area contributed by atoms with Gasteiger partial charge < -0.3 is 25.5 Å². The van der Waals surface area contributed by atoms with Gasteiger partial charge in [-0.1, -0.05) is 13.8 Å². The average Bonchev–Trinajstić information content (AvgIpc) is 2.93. The normalized spacial score (nSPS) is 12.3. The number of nitrogens with zero attached hydrogens (tertiary/aromatic N) is 2. The number of carbonyl (C=O) groups excluding carboxylic acids is 4. The average molecular weight is 603 g/mol. The molecule has 11 heteroatoms. The van der Waals surface area contributed by atoms with E-state index in [0.717, 1.165) is 31.0 Å². The number of hydrogen-bond acceptors (Lipinski definition) is 5. The first-order valence-corrected chi connectivity index (χ1v) is 14.7. The molecule has 236 valence electrons. The number of nitrogens with one attached hydrogen (secondary N) is 2. The molecule has 43 heavy (non-hydrogen) atoms. The van der Waals surface area contributed by atoms with Gasteiger partial charge in [-0.25, -0.2) is 8.78 Å². The third-order valence-electron chi connectivity index (χ3n) is 6.85. The Balaban J connectivity index is 2.21. The molecule has 0 heterocycles. The van der Waals surface area contributed by atoms with Crippen LogP contribution >= 0.6 is 0 Å². The Hall–Kier alpha value is -3.86. The van der Waals surface area contributed by atoms with Gasteiger partial charge in [0.05, 0.1) is 12.1 Å². The van der Waals surface area contributed by atoms with Crippen molar-refractivity contribution in [3.05, 3.63) is 70.3 Å². The van der Waals surface area contributed by atoms with Crippen molar-refractivity contribution in [3.8, 4) is 0 Å². The van der Waals surface area contributed by atoms with Crippen molar-refractivity contribution in [2.45, 2.75) is 71.4 Å². The van der Waals surface area contributed by atoms with E-state index in [-0.39, 0.29) is 61.1 Å². The molecule has 0 aliphatic heterocycles. The maximum Gasteiger partial charge on any atom is 0.253 e. The van der Waals surface area contributed by atoms with Gasteiger partial charge >= 0.3 is 0 Å². The number of hydrogen-bond donors (Lipinski definition) is 3. The summed E-state index contributed by atoms with van der Waals surface area (Å²) in [6.45, 7) is 6.96. The Kier molecular flexibility index (Phi) is 14.2. The van der Waals surface area contributed by atoms with Crippen molar-refractivity contribution in [2.24, 2.45) is 0 Å². The van der Waals surface area contributed by atoms with E-state index in [1.54, 1.807) is 38.1 Å². The molecule has 0 saturated carbocycles. The maximum atomic E-state index is 13.9. The molecule has 2 unspecified atom stereocenters. The third kappa shape index (κ3) is 11.7. The summed E-state index contributed by atoms with van der Waals surface area (Å²) < 4.78 is 27.8. The fraction of sp³-hybridized carbons (Fsp3) is 0.500. The zero-order valence-corrected chi connectivity index (χ0v) is 25.7. The zero-order valence-electron chi connectivity index (χ0n) is 25.7. The van der Waals surface area contributed by atoms with Gasteiger partial charge in [0.15, 0.2) is 0 Å². The van der Waals surface area contributed by atoms with Gasteiger partial charge in [0.25, 0.3) is 11.8 Å². The van der Waals surface area contributed by atoms with E-state index in [0.29, 0.717) is 24.2 Å². The van der Waals surface area contributed by atoms with Crippen LogP contribution in [0.5, 0.6) is 0 Å². The summed E-state index contributed by atoms with van der Waals surface area (Å²) in [6, 6.07) is 6.84. The van der Waals surface area contributed by atoms with Gasteiger partial charge in [0.1, 0.15) is 11.6 Å². The van der Waals surface area contributed by atoms with Crippen molar-refractivity contribution in [3.63, 3.8) is 0 Å².